The van der Waals surface area contributed by atoms with Crippen molar-refractivity contribution in [2.45, 2.75) is 37.2 Å². The molecule has 1 saturated heterocycles. The molecule has 0 unspecified atom stereocenters. The van der Waals surface area contributed by atoms with E-state index in [1.165, 1.54) is 0 Å². The summed E-state index contributed by atoms with van der Waals surface area (Å²) in [6, 6.07) is 16.0. The van der Waals surface area contributed by atoms with E-state index in [1.54, 1.807) is 28.6 Å². The maximum Gasteiger partial charge on any atom is 0.267 e. The molecule has 1 aromatic heterocycles. The zero-order chi connectivity index (χ0) is 20.3. The van der Waals surface area contributed by atoms with Crippen molar-refractivity contribution in [1.29, 1.82) is 0 Å². The van der Waals surface area contributed by atoms with Gasteiger partial charge in [-0.15, -0.1) is 0 Å². The molecule has 1 aliphatic rings. The number of rotatable bonds is 6. The van der Waals surface area contributed by atoms with Crippen molar-refractivity contribution in [3.8, 4) is 17.1 Å². The number of hydrogen-bond acceptors (Lipinski definition) is 6. The Bertz CT molecular complexity index is 1040. The van der Waals surface area contributed by atoms with Gasteiger partial charge in [0.1, 0.15) is 5.75 Å². The lowest BCUT2D eigenvalue weighted by Crippen LogP contribution is -2.35. The fourth-order valence-corrected chi connectivity index (χ4v) is 4.82. The lowest BCUT2D eigenvalue weighted by molar-refractivity contribution is 0.176. The second-order valence-electron chi connectivity index (χ2n) is 7.02. The fourth-order valence-electron chi connectivity index (χ4n) is 3.30. The number of benzene rings is 2. The van der Waals surface area contributed by atoms with E-state index in [0.29, 0.717) is 36.1 Å². The second-order valence-corrected chi connectivity index (χ2v) is 8.96. The minimum atomic E-state index is -3.45. The van der Waals surface area contributed by atoms with Crippen LogP contribution in [-0.2, 0) is 10.0 Å². The largest absolute Gasteiger partial charge is 0.481 e. The third kappa shape index (κ3) is 4.33. The third-order valence-corrected chi connectivity index (χ3v) is 6.82. The molecule has 152 valence electrons. The number of hydrogen-bond donors (Lipinski definition) is 0. The summed E-state index contributed by atoms with van der Waals surface area (Å²) in [6.45, 7) is 2.99. The molecule has 29 heavy (non-hydrogen) atoms. The van der Waals surface area contributed by atoms with E-state index in [-0.39, 0.29) is 4.90 Å². The number of ether oxygens (including phenoxy) is 1. The molecule has 8 heteroatoms. The molecule has 1 fully saturated rings. The summed E-state index contributed by atoms with van der Waals surface area (Å²) in [4.78, 5) is 4.68. The lowest BCUT2D eigenvalue weighted by atomic mass is 10.2. The summed E-state index contributed by atoms with van der Waals surface area (Å²) in [6.07, 6.45) is 2.49. The Balaban J connectivity index is 1.48. The molecule has 2 heterocycles. The van der Waals surface area contributed by atoms with Gasteiger partial charge >= 0.3 is 0 Å². The van der Waals surface area contributed by atoms with Crippen molar-refractivity contribution in [3.05, 3.63) is 60.5 Å². The fraction of sp³-hybridized carbons (Fsp3) is 0.333. The average Bonchev–Trinajstić information content (AvgIpc) is 3.26. The van der Waals surface area contributed by atoms with Crippen LogP contribution in [0.4, 0.5) is 0 Å². The van der Waals surface area contributed by atoms with Crippen LogP contribution < -0.4 is 4.74 Å². The van der Waals surface area contributed by atoms with Crippen LogP contribution in [0, 0.1) is 0 Å². The molecule has 0 aliphatic carbocycles. The standard InChI is InChI=1S/C21H23N3O4S/c1-16(27-18-8-4-2-5-9-18)21-22-20(23-28-21)17-10-12-19(13-11-17)29(25,26)24-14-6-3-7-15-24/h2,4-5,8-13,16H,3,6-7,14-15H2,1H3/t16-/m1/s1. The van der Waals surface area contributed by atoms with Gasteiger partial charge in [0.05, 0.1) is 4.90 Å². The van der Waals surface area contributed by atoms with E-state index in [2.05, 4.69) is 10.1 Å². The van der Waals surface area contributed by atoms with Crippen LogP contribution in [0.3, 0.4) is 0 Å². The molecule has 7 nitrogen and oxygen atoms in total. The molecule has 0 amide bonds. The van der Waals surface area contributed by atoms with Crippen LogP contribution in [0.25, 0.3) is 11.4 Å². The normalized spacial score (nSPS) is 16.4. The molecule has 2 aromatic carbocycles. The Hall–Kier alpha value is -2.71. The highest BCUT2D eigenvalue weighted by molar-refractivity contribution is 7.89. The average molecular weight is 413 g/mol. The van der Waals surface area contributed by atoms with Crippen molar-refractivity contribution in [2.75, 3.05) is 13.1 Å². The number of aromatic nitrogens is 2. The molecule has 0 saturated carbocycles. The zero-order valence-electron chi connectivity index (χ0n) is 16.2. The molecule has 4 rings (SSSR count). The van der Waals surface area contributed by atoms with Crippen LogP contribution in [0.2, 0.25) is 0 Å². The van der Waals surface area contributed by atoms with Gasteiger partial charge in [-0.3, -0.25) is 0 Å². The van der Waals surface area contributed by atoms with Crippen LogP contribution >= 0.6 is 0 Å². The van der Waals surface area contributed by atoms with E-state index in [9.17, 15) is 8.42 Å². The van der Waals surface area contributed by atoms with Crippen LogP contribution in [0.5, 0.6) is 5.75 Å². The SMILES string of the molecule is C[C@@H](Oc1ccccc1)c1nc(-c2ccc(S(=O)(=O)N3CCCCC3)cc2)no1. The molecule has 1 aliphatic heterocycles. The highest BCUT2D eigenvalue weighted by Gasteiger charge is 2.26. The summed E-state index contributed by atoms with van der Waals surface area (Å²) < 4.78 is 38.2. The minimum Gasteiger partial charge on any atom is -0.481 e. The summed E-state index contributed by atoms with van der Waals surface area (Å²) >= 11 is 0. The Kier molecular flexibility index (Phi) is 5.64. The predicted molar refractivity (Wildman–Crippen MR) is 108 cm³/mol. The Morgan fingerprint density at radius 1 is 1.00 bits per heavy atom. The summed E-state index contributed by atoms with van der Waals surface area (Å²) in [5.41, 5.74) is 0.685. The first kappa shape index (κ1) is 19.6. The topological polar surface area (TPSA) is 85.5 Å². The van der Waals surface area contributed by atoms with Crippen molar-refractivity contribution in [1.82, 2.24) is 14.4 Å². The molecule has 3 aromatic rings. The van der Waals surface area contributed by atoms with Gasteiger partial charge in [-0.2, -0.15) is 9.29 Å². The molecule has 0 spiro atoms. The number of piperidine rings is 1. The number of nitrogens with zero attached hydrogens (tertiary/aromatic N) is 3. The highest BCUT2D eigenvalue weighted by atomic mass is 32.2. The van der Waals surface area contributed by atoms with Gasteiger partial charge in [-0.1, -0.05) is 29.8 Å². The van der Waals surface area contributed by atoms with E-state index < -0.39 is 16.1 Å². The summed E-state index contributed by atoms with van der Waals surface area (Å²) in [5, 5.41) is 4.00. The molecule has 0 N–H and O–H groups in total. The van der Waals surface area contributed by atoms with Gasteiger partial charge in [-0.05, 0) is 56.2 Å². The first-order valence-corrected chi connectivity index (χ1v) is 11.1. The molecular formula is C21H23N3O4S. The van der Waals surface area contributed by atoms with Gasteiger partial charge in [0, 0.05) is 18.7 Å². The Morgan fingerprint density at radius 2 is 1.69 bits per heavy atom. The zero-order valence-corrected chi connectivity index (χ0v) is 17.0. The smallest absolute Gasteiger partial charge is 0.267 e. The number of para-hydroxylation sites is 1. The van der Waals surface area contributed by atoms with Gasteiger partial charge in [-0.25, -0.2) is 8.42 Å². The van der Waals surface area contributed by atoms with Crippen molar-refractivity contribution in [2.24, 2.45) is 0 Å². The van der Waals surface area contributed by atoms with E-state index >= 15 is 0 Å². The lowest BCUT2D eigenvalue weighted by Gasteiger charge is -2.25. The van der Waals surface area contributed by atoms with Crippen molar-refractivity contribution >= 4 is 10.0 Å². The number of sulfonamides is 1. The third-order valence-electron chi connectivity index (χ3n) is 4.91. The van der Waals surface area contributed by atoms with E-state index in [1.807, 2.05) is 37.3 Å². The van der Waals surface area contributed by atoms with Crippen LogP contribution in [-0.4, -0.2) is 36.0 Å². The first-order chi connectivity index (χ1) is 14.0. The van der Waals surface area contributed by atoms with E-state index in [0.717, 1.165) is 19.3 Å². The molecular weight excluding hydrogens is 390 g/mol. The van der Waals surface area contributed by atoms with Gasteiger partial charge in [0.15, 0.2) is 6.10 Å². The van der Waals surface area contributed by atoms with Crippen LogP contribution in [0.1, 0.15) is 38.2 Å². The summed E-state index contributed by atoms with van der Waals surface area (Å²) in [7, 11) is -3.45. The van der Waals surface area contributed by atoms with Gasteiger partial charge in [0.2, 0.25) is 15.8 Å². The quantitative estimate of drug-likeness (QED) is 0.606. The first-order valence-electron chi connectivity index (χ1n) is 9.70. The van der Waals surface area contributed by atoms with Gasteiger partial charge in [0.25, 0.3) is 5.89 Å². The van der Waals surface area contributed by atoms with Crippen molar-refractivity contribution < 1.29 is 17.7 Å². The van der Waals surface area contributed by atoms with E-state index in [4.69, 9.17) is 9.26 Å². The predicted octanol–water partition coefficient (Wildman–Crippen LogP) is 4.05. The van der Waals surface area contributed by atoms with Gasteiger partial charge < -0.3 is 9.26 Å². The monoisotopic (exact) mass is 413 g/mol. The second kappa shape index (κ2) is 8.34. The summed E-state index contributed by atoms with van der Waals surface area (Å²) in [5.74, 6) is 1.46. The van der Waals surface area contributed by atoms with Crippen molar-refractivity contribution in [3.63, 3.8) is 0 Å². The maximum atomic E-state index is 12.8. The Labute approximate surface area is 170 Å². The molecule has 0 radical (unpaired) electrons. The highest BCUT2D eigenvalue weighted by Crippen LogP contribution is 2.25. The van der Waals surface area contributed by atoms with Crippen LogP contribution in [0.15, 0.2) is 64.0 Å². The maximum absolute atomic E-state index is 12.8. The molecule has 0 bridgehead atoms. The molecule has 1 atom stereocenters. The Morgan fingerprint density at radius 3 is 2.38 bits per heavy atom. The minimum absolute atomic E-state index is 0.285.